The molecule has 0 amide bonds. The van der Waals surface area contributed by atoms with Crippen molar-refractivity contribution in [1.29, 1.82) is 0 Å². The zero-order valence-electron chi connectivity index (χ0n) is 15.0. The van der Waals surface area contributed by atoms with Gasteiger partial charge in [-0.2, -0.15) is 0 Å². The largest absolute Gasteiger partial charge is 0.465 e. The van der Waals surface area contributed by atoms with Gasteiger partial charge in [-0.1, -0.05) is 46.0 Å². The van der Waals surface area contributed by atoms with Crippen LogP contribution in [0.2, 0.25) is 0 Å². The number of rotatable bonds is 13. The first-order valence-corrected chi connectivity index (χ1v) is 9.92. The Morgan fingerprint density at radius 2 is 1.79 bits per heavy atom. The number of esters is 1. The van der Waals surface area contributed by atoms with Crippen molar-refractivity contribution in [3.05, 3.63) is 28.0 Å². The van der Waals surface area contributed by atoms with E-state index in [0.717, 1.165) is 41.9 Å². The highest BCUT2D eigenvalue weighted by Gasteiger charge is 2.07. The van der Waals surface area contributed by atoms with Gasteiger partial charge in [0.15, 0.2) is 5.78 Å². The second-order valence-corrected chi connectivity index (χ2v) is 7.22. The number of allylic oxidation sites excluding steroid dienone is 1. The van der Waals surface area contributed by atoms with Crippen LogP contribution in [0.5, 0.6) is 0 Å². The topological polar surface area (TPSA) is 43.4 Å². The van der Waals surface area contributed by atoms with Crippen molar-refractivity contribution in [2.24, 2.45) is 0 Å². The third-order valence-electron chi connectivity index (χ3n) is 3.72. The van der Waals surface area contributed by atoms with E-state index in [1.165, 1.54) is 24.2 Å². The molecule has 0 unspecified atom stereocenters. The Labute approximate surface area is 150 Å². The molecular formula is C20H30O3S. The molecule has 0 aliphatic rings. The van der Waals surface area contributed by atoms with Crippen LogP contribution in [0.15, 0.2) is 18.2 Å². The normalized spacial score (nSPS) is 11.1. The van der Waals surface area contributed by atoms with Crippen LogP contribution in [0.3, 0.4) is 0 Å². The first-order valence-electron chi connectivity index (χ1n) is 9.11. The van der Waals surface area contributed by atoms with E-state index in [1.807, 2.05) is 18.2 Å². The number of ether oxygens (including phenoxy) is 1. The van der Waals surface area contributed by atoms with Crippen molar-refractivity contribution in [2.75, 3.05) is 6.61 Å². The zero-order chi connectivity index (χ0) is 17.6. The molecule has 0 aromatic carbocycles. The molecule has 1 rings (SSSR count). The molecule has 0 aliphatic carbocycles. The molecule has 0 fully saturated rings. The maximum absolute atomic E-state index is 11.8. The van der Waals surface area contributed by atoms with Crippen LogP contribution in [0.4, 0.5) is 0 Å². The standard InChI is InChI=1S/C20H30O3S/c1-3-5-7-9-15-23-20(22)16-19-14-13-18(24-19)12-11-17(21)10-8-6-4-2/h11-14H,3-10,15-16H2,1-2H3. The number of hydrogen-bond acceptors (Lipinski definition) is 4. The van der Waals surface area contributed by atoms with Crippen molar-refractivity contribution < 1.29 is 14.3 Å². The van der Waals surface area contributed by atoms with E-state index in [-0.39, 0.29) is 11.8 Å². The lowest BCUT2D eigenvalue weighted by molar-refractivity contribution is -0.142. The van der Waals surface area contributed by atoms with Crippen molar-refractivity contribution in [3.8, 4) is 0 Å². The lowest BCUT2D eigenvalue weighted by Crippen LogP contribution is -2.08. The second kappa shape index (κ2) is 12.9. The maximum Gasteiger partial charge on any atom is 0.311 e. The average Bonchev–Trinajstić information content (AvgIpc) is 3.00. The van der Waals surface area contributed by atoms with Gasteiger partial charge in [0.1, 0.15) is 0 Å². The molecule has 0 radical (unpaired) electrons. The highest BCUT2D eigenvalue weighted by atomic mass is 32.1. The SMILES string of the molecule is CCCCCCOC(=O)Cc1ccc(C=CC(=O)CCCCC)s1. The fourth-order valence-corrected chi connectivity index (χ4v) is 3.20. The number of carbonyl (C=O) groups excluding carboxylic acids is 2. The molecule has 1 heterocycles. The fraction of sp³-hybridized carbons (Fsp3) is 0.600. The molecule has 0 N–H and O–H groups in total. The Bertz CT molecular complexity index is 517. The third kappa shape index (κ3) is 9.66. The summed E-state index contributed by atoms with van der Waals surface area (Å²) >= 11 is 1.54. The fourth-order valence-electron chi connectivity index (χ4n) is 2.29. The molecule has 0 spiro atoms. The van der Waals surface area contributed by atoms with Gasteiger partial charge in [0.05, 0.1) is 13.0 Å². The Morgan fingerprint density at radius 1 is 1.04 bits per heavy atom. The molecule has 134 valence electrons. The van der Waals surface area contributed by atoms with Gasteiger partial charge in [0.25, 0.3) is 0 Å². The summed E-state index contributed by atoms with van der Waals surface area (Å²) in [6, 6.07) is 3.88. The monoisotopic (exact) mass is 350 g/mol. The second-order valence-electron chi connectivity index (χ2n) is 6.02. The predicted molar refractivity (Wildman–Crippen MR) is 101 cm³/mol. The molecule has 0 saturated carbocycles. The molecule has 0 bridgehead atoms. The van der Waals surface area contributed by atoms with Gasteiger partial charge in [0, 0.05) is 16.2 Å². The van der Waals surface area contributed by atoms with Gasteiger partial charge in [-0.15, -0.1) is 11.3 Å². The third-order valence-corrected chi connectivity index (χ3v) is 4.77. The van der Waals surface area contributed by atoms with Gasteiger partial charge in [-0.3, -0.25) is 9.59 Å². The molecule has 4 heteroatoms. The molecule has 24 heavy (non-hydrogen) atoms. The van der Waals surface area contributed by atoms with Crippen LogP contribution in [0.25, 0.3) is 6.08 Å². The van der Waals surface area contributed by atoms with Gasteiger partial charge >= 0.3 is 5.97 Å². The highest BCUT2D eigenvalue weighted by molar-refractivity contribution is 7.13. The van der Waals surface area contributed by atoms with Gasteiger partial charge < -0.3 is 4.74 Å². The van der Waals surface area contributed by atoms with E-state index in [0.29, 0.717) is 19.4 Å². The molecule has 3 nitrogen and oxygen atoms in total. The summed E-state index contributed by atoms with van der Waals surface area (Å²) in [7, 11) is 0. The van der Waals surface area contributed by atoms with E-state index in [4.69, 9.17) is 4.74 Å². The summed E-state index contributed by atoms with van der Waals surface area (Å²) < 4.78 is 5.25. The van der Waals surface area contributed by atoms with Crippen LogP contribution in [-0.2, 0) is 20.7 Å². The van der Waals surface area contributed by atoms with Crippen molar-refractivity contribution in [1.82, 2.24) is 0 Å². The molecule has 0 aliphatic heterocycles. The minimum atomic E-state index is -0.167. The minimum absolute atomic E-state index is 0.167. The first kappa shape index (κ1) is 20.6. The minimum Gasteiger partial charge on any atom is -0.465 e. The highest BCUT2D eigenvalue weighted by Crippen LogP contribution is 2.19. The Hall–Kier alpha value is -1.42. The van der Waals surface area contributed by atoms with Gasteiger partial charge in [0.2, 0.25) is 0 Å². The summed E-state index contributed by atoms with van der Waals surface area (Å²) in [5.74, 6) is 0.00408. The van der Waals surface area contributed by atoms with Crippen LogP contribution in [-0.4, -0.2) is 18.4 Å². The molecule has 1 aromatic rings. The van der Waals surface area contributed by atoms with E-state index in [2.05, 4.69) is 13.8 Å². The maximum atomic E-state index is 11.8. The average molecular weight is 351 g/mol. The summed E-state index contributed by atoms with van der Waals surface area (Å²) in [5.41, 5.74) is 0. The Kier molecular flexibility index (Phi) is 11.1. The van der Waals surface area contributed by atoms with E-state index >= 15 is 0 Å². The first-order chi connectivity index (χ1) is 11.7. The van der Waals surface area contributed by atoms with E-state index < -0.39 is 0 Å². The molecule has 0 atom stereocenters. The lowest BCUT2D eigenvalue weighted by atomic mass is 10.1. The summed E-state index contributed by atoms with van der Waals surface area (Å²) in [6.45, 7) is 4.81. The predicted octanol–water partition coefficient (Wildman–Crippen LogP) is 5.58. The van der Waals surface area contributed by atoms with Crippen LogP contribution < -0.4 is 0 Å². The van der Waals surface area contributed by atoms with Crippen LogP contribution in [0.1, 0.15) is 75.0 Å². The summed E-state index contributed by atoms with van der Waals surface area (Å²) in [4.78, 5) is 25.5. The quantitative estimate of drug-likeness (QED) is 0.265. The molecular weight excluding hydrogens is 320 g/mol. The van der Waals surface area contributed by atoms with Crippen molar-refractivity contribution in [2.45, 2.75) is 71.6 Å². The lowest BCUT2D eigenvalue weighted by Gasteiger charge is -2.03. The zero-order valence-corrected chi connectivity index (χ0v) is 15.8. The van der Waals surface area contributed by atoms with Crippen LogP contribution >= 0.6 is 11.3 Å². The number of carbonyl (C=O) groups is 2. The van der Waals surface area contributed by atoms with E-state index in [1.54, 1.807) is 6.08 Å². The van der Waals surface area contributed by atoms with Gasteiger partial charge in [-0.05, 0) is 37.1 Å². The van der Waals surface area contributed by atoms with Crippen molar-refractivity contribution >= 4 is 29.2 Å². The van der Waals surface area contributed by atoms with Crippen LogP contribution in [0, 0.1) is 0 Å². The number of thiophene rings is 1. The summed E-state index contributed by atoms with van der Waals surface area (Å²) in [5, 5.41) is 0. The Balaban J connectivity index is 2.29. The van der Waals surface area contributed by atoms with Crippen molar-refractivity contribution in [3.63, 3.8) is 0 Å². The number of hydrogen-bond donors (Lipinski definition) is 0. The molecule has 0 saturated heterocycles. The van der Waals surface area contributed by atoms with Gasteiger partial charge in [-0.25, -0.2) is 0 Å². The summed E-state index contributed by atoms with van der Waals surface area (Å²) in [6.07, 6.45) is 12.0. The smallest absolute Gasteiger partial charge is 0.311 e. The Morgan fingerprint density at radius 3 is 2.54 bits per heavy atom. The van der Waals surface area contributed by atoms with E-state index in [9.17, 15) is 9.59 Å². The number of unbranched alkanes of at least 4 members (excludes halogenated alkanes) is 5. The molecule has 1 aromatic heterocycles. The number of ketones is 1.